The van der Waals surface area contributed by atoms with Crippen LogP contribution in [0.1, 0.15) is 24.1 Å². The van der Waals surface area contributed by atoms with Crippen LogP contribution in [0.4, 0.5) is 8.78 Å². The molecule has 0 amide bonds. The Balaban J connectivity index is 2.52. The maximum absolute atomic E-state index is 14.0. The summed E-state index contributed by atoms with van der Waals surface area (Å²) in [7, 11) is 0. The van der Waals surface area contributed by atoms with Gasteiger partial charge < -0.3 is 5.32 Å². The number of rotatable bonds is 4. The summed E-state index contributed by atoms with van der Waals surface area (Å²) >= 11 is 3.45. The minimum atomic E-state index is -0.826. The monoisotopic (exact) mass is 325 g/mol. The van der Waals surface area contributed by atoms with Gasteiger partial charge in [0, 0.05) is 10.0 Å². The first-order valence-electron chi connectivity index (χ1n) is 6.06. The van der Waals surface area contributed by atoms with Gasteiger partial charge >= 0.3 is 0 Å². The normalized spacial score (nSPS) is 12.4. The van der Waals surface area contributed by atoms with Crippen molar-refractivity contribution in [3.63, 3.8) is 0 Å². The van der Waals surface area contributed by atoms with E-state index in [4.69, 9.17) is 0 Å². The van der Waals surface area contributed by atoms with Crippen LogP contribution < -0.4 is 5.32 Å². The van der Waals surface area contributed by atoms with Crippen LogP contribution in [-0.4, -0.2) is 6.54 Å². The highest BCUT2D eigenvalue weighted by molar-refractivity contribution is 9.10. The van der Waals surface area contributed by atoms with Crippen molar-refractivity contribution >= 4 is 15.9 Å². The van der Waals surface area contributed by atoms with E-state index in [2.05, 4.69) is 21.2 Å². The van der Waals surface area contributed by atoms with Crippen molar-refractivity contribution in [2.45, 2.75) is 13.0 Å². The maximum atomic E-state index is 14.0. The lowest BCUT2D eigenvalue weighted by Crippen LogP contribution is -2.23. The highest BCUT2D eigenvalue weighted by Crippen LogP contribution is 2.30. The first-order chi connectivity index (χ1) is 9.15. The fourth-order valence-electron chi connectivity index (χ4n) is 2.04. The summed E-state index contributed by atoms with van der Waals surface area (Å²) < 4.78 is 28.2. The van der Waals surface area contributed by atoms with Crippen molar-refractivity contribution in [1.29, 1.82) is 0 Å². The van der Waals surface area contributed by atoms with E-state index in [0.29, 0.717) is 12.1 Å². The molecule has 2 rings (SSSR count). The average molecular weight is 326 g/mol. The highest BCUT2D eigenvalue weighted by atomic mass is 79.9. The molecule has 0 bridgehead atoms. The van der Waals surface area contributed by atoms with E-state index in [1.54, 1.807) is 6.07 Å². The van der Waals surface area contributed by atoms with Gasteiger partial charge in [0.25, 0.3) is 0 Å². The molecule has 0 spiro atoms. The molecule has 0 radical (unpaired) electrons. The van der Waals surface area contributed by atoms with Crippen molar-refractivity contribution in [3.05, 3.63) is 69.7 Å². The quantitative estimate of drug-likeness (QED) is 0.877. The van der Waals surface area contributed by atoms with Crippen LogP contribution in [-0.2, 0) is 0 Å². The van der Waals surface area contributed by atoms with E-state index in [-0.39, 0.29) is 6.04 Å². The van der Waals surface area contributed by atoms with Crippen LogP contribution in [0.5, 0.6) is 0 Å². The van der Waals surface area contributed by atoms with Gasteiger partial charge in [0.15, 0.2) is 11.6 Å². The second-order valence-corrected chi connectivity index (χ2v) is 5.01. The van der Waals surface area contributed by atoms with Crippen LogP contribution in [0.25, 0.3) is 0 Å². The summed E-state index contributed by atoms with van der Waals surface area (Å²) in [4.78, 5) is 0. The Morgan fingerprint density at radius 3 is 2.42 bits per heavy atom. The smallest absolute Gasteiger partial charge is 0.163 e. The first-order valence-corrected chi connectivity index (χ1v) is 6.86. The van der Waals surface area contributed by atoms with E-state index in [9.17, 15) is 8.78 Å². The Kier molecular flexibility index (Phi) is 4.66. The van der Waals surface area contributed by atoms with Gasteiger partial charge in [-0.15, -0.1) is 0 Å². The molecule has 0 aliphatic carbocycles. The van der Waals surface area contributed by atoms with E-state index in [0.717, 1.165) is 16.1 Å². The molecule has 2 aromatic rings. The second-order valence-electron chi connectivity index (χ2n) is 4.16. The van der Waals surface area contributed by atoms with Gasteiger partial charge in [-0.3, -0.25) is 0 Å². The number of hydrogen-bond acceptors (Lipinski definition) is 1. The predicted molar refractivity (Wildman–Crippen MR) is 76.0 cm³/mol. The molecule has 19 heavy (non-hydrogen) atoms. The molecule has 0 aliphatic heterocycles. The molecule has 0 heterocycles. The Bertz CT molecular complexity index is 572. The zero-order chi connectivity index (χ0) is 13.8. The van der Waals surface area contributed by atoms with Crippen LogP contribution in [0, 0.1) is 11.6 Å². The van der Waals surface area contributed by atoms with Gasteiger partial charge in [0.1, 0.15) is 0 Å². The molecule has 0 fully saturated rings. The number of halogens is 3. The highest BCUT2D eigenvalue weighted by Gasteiger charge is 2.20. The largest absolute Gasteiger partial charge is 0.306 e. The van der Waals surface area contributed by atoms with E-state index < -0.39 is 11.6 Å². The topological polar surface area (TPSA) is 12.0 Å². The van der Waals surface area contributed by atoms with Gasteiger partial charge in [0.2, 0.25) is 0 Å². The molecule has 1 atom stereocenters. The zero-order valence-electron chi connectivity index (χ0n) is 10.5. The van der Waals surface area contributed by atoms with Crippen LogP contribution in [0.15, 0.2) is 46.9 Å². The summed E-state index contributed by atoms with van der Waals surface area (Å²) in [6.45, 7) is 2.59. The minimum absolute atomic E-state index is 0.314. The number of nitrogens with one attached hydrogen (secondary N) is 1. The third kappa shape index (κ3) is 3.01. The summed E-state index contributed by atoms with van der Waals surface area (Å²) in [5, 5.41) is 3.19. The van der Waals surface area contributed by atoms with Gasteiger partial charge in [-0.2, -0.15) is 0 Å². The Hall–Kier alpha value is -1.26. The standard InChI is InChI=1S/C15H14BrF2N/c1-2-19-15(10-6-3-4-8-12(10)16)11-7-5-9-13(17)14(11)18/h3-9,15,19H,2H2,1H3. The number of benzene rings is 2. The lowest BCUT2D eigenvalue weighted by atomic mass is 9.98. The molecule has 0 aliphatic rings. The Morgan fingerprint density at radius 2 is 1.74 bits per heavy atom. The third-order valence-corrected chi connectivity index (χ3v) is 3.64. The maximum Gasteiger partial charge on any atom is 0.163 e. The van der Waals surface area contributed by atoms with Crippen LogP contribution >= 0.6 is 15.9 Å². The zero-order valence-corrected chi connectivity index (χ0v) is 12.0. The number of hydrogen-bond donors (Lipinski definition) is 1. The summed E-state index contributed by atoms with van der Waals surface area (Å²) in [5.74, 6) is -1.63. The van der Waals surface area contributed by atoms with Gasteiger partial charge in [0.05, 0.1) is 6.04 Å². The molecular formula is C15H14BrF2N. The first kappa shape index (κ1) is 14.2. The molecule has 0 aromatic heterocycles. The van der Waals surface area contributed by atoms with Crippen molar-refractivity contribution in [3.8, 4) is 0 Å². The van der Waals surface area contributed by atoms with Crippen molar-refractivity contribution in [2.24, 2.45) is 0 Å². The molecule has 1 unspecified atom stereocenters. The third-order valence-electron chi connectivity index (χ3n) is 2.92. The van der Waals surface area contributed by atoms with Crippen molar-refractivity contribution in [1.82, 2.24) is 5.32 Å². The molecule has 0 saturated carbocycles. The van der Waals surface area contributed by atoms with E-state index in [1.165, 1.54) is 6.07 Å². The Morgan fingerprint density at radius 1 is 1.05 bits per heavy atom. The molecular weight excluding hydrogens is 312 g/mol. The van der Waals surface area contributed by atoms with Crippen molar-refractivity contribution in [2.75, 3.05) is 6.54 Å². The molecule has 1 N–H and O–H groups in total. The lowest BCUT2D eigenvalue weighted by molar-refractivity contribution is 0.483. The van der Waals surface area contributed by atoms with Gasteiger partial charge in [-0.25, -0.2) is 8.78 Å². The van der Waals surface area contributed by atoms with Crippen LogP contribution in [0.2, 0.25) is 0 Å². The predicted octanol–water partition coefficient (Wildman–Crippen LogP) is 4.43. The summed E-state index contributed by atoms with van der Waals surface area (Å²) in [6.07, 6.45) is 0. The molecule has 4 heteroatoms. The second kappa shape index (κ2) is 6.26. The average Bonchev–Trinajstić information content (AvgIpc) is 2.41. The van der Waals surface area contributed by atoms with Gasteiger partial charge in [-0.1, -0.05) is 53.2 Å². The van der Waals surface area contributed by atoms with E-state index >= 15 is 0 Å². The minimum Gasteiger partial charge on any atom is -0.306 e. The van der Waals surface area contributed by atoms with E-state index in [1.807, 2.05) is 31.2 Å². The molecule has 1 nitrogen and oxygen atoms in total. The lowest BCUT2D eigenvalue weighted by Gasteiger charge is -2.21. The van der Waals surface area contributed by atoms with Gasteiger partial charge in [-0.05, 0) is 24.2 Å². The van der Waals surface area contributed by atoms with Crippen molar-refractivity contribution < 1.29 is 8.78 Å². The fraction of sp³-hybridized carbons (Fsp3) is 0.200. The summed E-state index contributed by atoms with van der Waals surface area (Å²) in [5.41, 5.74) is 1.20. The molecule has 100 valence electrons. The molecule has 2 aromatic carbocycles. The fourth-order valence-corrected chi connectivity index (χ4v) is 2.56. The SMILES string of the molecule is CCNC(c1ccccc1Br)c1cccc(F)c1F. The Labute approximate surface area is 119 Å². The molecule has 0 saturated heterocycles. The summed E-state index contributed by atoms with van der Waals surface area (Å²) in [6, 6.07) is 11.4. The van der Waals surface area contributed by atoms with Crippen LogP contribution in [0.3, 0.4) is 0 Å².